The predicted octanol–water partition coefficient (Wildman–Crippen LogP) is 11.7. The average Bonchev–Trinajstić information content (AvgIpc) is 3.58. The van der Waals surface area contributed by atoms with Gasteiger partial charge in [-0.3, -0.25) is 0 Å². The summed E-state index contributed by atoms with van der Waals surface area (Å²) in [7, 11) is 0. The molecular weight excluding hydrogens is 591 g/mol. The first-order valence-electron chi connectivity index (χ1n) is 15.7. The quantitative estimate of drug-likeness (QED) is 0.193. The summed E-state index contributed by atoms with van der Waals surface area (Å²) in [6.45, 7) is 0. The van der Waals surface area contributed by atoms with Crippen LogP contribution < -0.4 is 0 Å². The highest BCUT2D eigenvalue weighted by Gasteiger charge is 2.17. The molecule has 47 heavy (non-hydrogen) atoms. The summed E-state index contributed by atoms with van der Waals surface area (Å²) in [4.78, 5) is 15.0. The van der Waals surface area contributed by atoms with Crippen molar-refractivity contribution in [1.29, 1.82) is 0 Å². The molecule has 0 N–H and O–H groups in total. The van der Waals surface area contributed by atoms with Gasteiger partial charge < -0.3 is 0 Å². The number of aromatic nitrogens is 3. The van der Waals surface area contributed by atoms with Crippen LogP contribution in [0.4, 0.5) is 0 Å². The van der Waals surface area contributed by atoms with Crippen molar-refractivity contribution >= 4 is 43.2 Å². The third-order valence-corrected chi connectivity index (χ3v) is 9.78. The highest BCUT2D eigenvalue weighted by Crippen LogP contribution is 2.42. The van der Waals surface area contributed by atoms with Gasteiger partial charge in [0.1, 0.15) is 5.01 Å². The molecule has 0 bridgehead atoms. The fourth-order valence-electron chi connectivity index (χ4n) is 6.45. The van der Waals surface area contributed by atoms with Crippen LogP contribution in [-0.4, -0.2) is 15.0 Å². The van der Waals surface area contributed by atoms with Crippen molar-refractivity contribution in [3.8, 4) is 55.5 Å². The van der Waals surface area contributed by atoms with Gasteiger partial charge in [0.05, 0.1) is 21.4 Å². The number of nitrogens with zero attached hydrogens (tertiary/aromatic N) is 3. The lowest BCUT2D eigenvalue weighted by molar-refractivity contribution is 1.23. The summed E-state index contributed by atoms with van der Waals surface area (Å²) < 4.78 is 1.18. The van der Waals surface area contributed by atoms with E-state index in [1.54, 1.807) is 11.3 Å². The van der Waals surface area contributed by atoms with E-state index in [1.165, 1.54) is 32.2 Å². The summed E-state index contributed by atoms with van der Waals surface area (Å²) in [5, 5.41) is 4.51. The van der Waals surface area contributed by atoms with Gasteiger partial charge in [0, 0.05) is 22.1 Å². The van der Waals surface area contributed by atoms with Crippen molar-refractivity contribution in [3.05, 3.63) is 164 Å². The lowest BCUT2D eigenvalue weighted by Crippen LogP contribution is -1.95. The smallest absolute Gasteiger partial charge is 0.160 e. The molecule has 3 nitrogen and oxygen atoms in total. The van der Waals surface area contributed by atoms with Crippen LogP contribution in [0, 0.1) is 0 Å². The Balaban J connectivity index is 1.22. The molecule has 0 aliphatic carbocycles. The van der Waals surface area contributed by atoms with Crippen LogP contribution in [0.2, 0.25) is 0 Å². The second-order valence-corrected chi connectivity index (χ2v) is 12.7. The van der Waals surface area contributed by atoms with Gasteiger partial charge >= 0.3 is 0 Å². The Labute approximate surface area is 276 Å². The number of rotatable bonds is 5. The van der Waals surface area contributed by atoms with E-state index in [0.717, 1.165) is 55.2 Å². The average molecular weight is 618 g/mol. The molecule has 0 atom stereocenters. The number of para-hydroxylation sites is 1. The Kier molecular flexibility index (Phi) is 6.65. The van der Waals surface area contributed by atoms with E-state index in [-0.39, 0.29) is 0 Å². The zero-order valence-electron chi connectivity index (χ0n) is 25.3. The minimum Gasteiger partial charge on any atom is -0.236 e. The minimum atomic E-state index is 0.726. The van der Waals surface area contributed by atoms with E-state index in [4.69, 9.17) is 15.0 Å². The molecule has 4 heteroatoms. The number of thiazole rings is 1. The van der Waals surface area contributed by atoms with Crippen LogP contribution in [0.15, 0.2) is 164 Å². The second kappa shape index (κ2) is 11.4. The third kappa shape index (κ3) is 4.96. The first-order valence-corrected chi connectivity index (χ1v) is 16.5. The molecular formula is C43H27N3S. The van der Waals surface area contributed by atoms with Crippen LogP contribution in [-0.2, 0) is 0 Å². The summed E-state index contributed by atoms with van der Waals surface area (Å²) in [6, 6.07) is 57.5. The van der Waals surface area contributed by atoms with Crippen LogP contribution in [0.25, 0.3) is 87.4 Å². The number of fused-ring (bicyclic) bond motifs is 3. The molecule has 0 saturated carbocycles. The Morgan fingerprint density at radius 1 is 0.404 bits per heavy atom. The molecule has 220 valence electrons. The summed E-state index contributed by atoms with van der Waals surface area (Å²) in [6.07, 6.45) is 0. The van der Waals surface area contributed by atoms with Gasteiger partial charge in [-0.25, -0.2) is 15.0 Å². The predicted molar refractivity (Wildman–Crippen MR) is 197 cm³/mol. The largest absolute Gasteiger partial charge is 0.236 e. The van der Waals surface area contributed by atoms with Crippen molar-refractivity contribution in [2.75, 3.05) is 0 Å². The third-order valence-electron chi connectivity index (χ3n) is 8.71. The summed E-state index contributed by atoms with van der Waals surface area (Å²) in [5.74, 6) is 0.726. The molecule has 7 aromatic carbocycles. The zero-order valence-corrected chi connectivity index (χ0v) is 26.2. The van der Waals surface area contributed by atoms with E-state index >= 15 is 0 Å². The van der Waals surface area contributed by atoms with E-state index in [9.17, 15) is 0 Å². The Hall–Kier alpha value is -5.97. The molecule has 9 aromatic rings. The molecule has 0 spiro atoms. The molecule has 0 fully saturated rings. The molecule has 0 aliphatic heterocycles. The van der Waals surface area contributed by atoms with Gasteiger partial charge in [-0.1, -0.05) is 140 Å². The highest BCUT2D eigenvalue weighted by atomic mass is 32.1. The maximum atomic E-state index is 5.15. The SMILES string of the molecule is c1ccc(-c2nc(-c3cccc(-c4ccc5ccccc5c4-c4ccc5nc(-c6ccccc6)sc5c4)c3)c3ccccc3n2)cc1. The number of benzene rings is 7. The van der Waals surface area contributed by atoms with Gasteiger partial charge in [0.2, 0.25) is 0 Å². The Morgan fingerprint density at radius 2 is 1.11 bits per heavy atom. The molecule has 0 amide bonds. The standard InChI is InChI=1S/C43H27N3S/c1-3-13-29(14-4-1)42-44-37-21-10-9-20-36(37)41(46-42)33-18-11-17-31(26-33)35-24-22-28-12-7-8-19-34(28)40(35)32-23-25-38-39(27-32)47-43(45-38)30-15-5-2-6-16-30/h1-27H. The Morgan fingerprint density at radius 3 is 1.96 bits per heavy atom. The topological polar surface area (TPSA) is 38.7 Å². The van der Waals surface area contributed by atoms with E-state index < -0.39 is 0 Å². The van der Waals surface area contributed by atoms with Crippen molar-refractivity contribution < 1.29 is 0 Å². The molecule has 0 saturated heterocycles. The van der Waals surface area contributed by atoms with Crippen molar-refractivity contribution in [1.82, 2.24) is 15.0 Å². The summed E-state index contributed by atoms with van der Waals surface area (Å²) in [5.41, 5.74) is 10.8. The van der Waals surface area contributed by atoms with Gasteiger partial charge in [0.25, 0.3) is 0 Å². The van der Waals surface area contributed by atoms with Crippen molar-refractivity contribution in [2.45, 2.75) is 0 Å². The highest BCUT2D eigenvalue weighted by molar-refractivity contribution is 7.21. The minimum absolute atomic E-state index is 0.726. The monoisotopic (exact) mass is 617 g/mol. The normalized spacial score (nSPS) is 11.4. The number of hydrogen-bond acceptors (Lipinski definition) is 4. The van der Waals surface area contributed by atoms with Crippen molar-refractivity contribution in [2.24, 2.45) is 0 Å². The maximum Gasteiger partial charge on any atom is 0.160 e. The number of hydrogen-bond donors (Lipinski definition) is 0. The van der Waals surface area contributed by atoms with Crippen LogP contribution in [0.1, 0.15) is 0 Å². The molecule has 2 heterocycles. The fourth-order valence-corrected chi connectivity index (χ4v) is 7.46. The van der Waals surface area contributed by atoms with Gasteiger partial charge in [-0.05, 0) is 57.3 Å². The van der Waals surface area contributed by atoms with Gasteiger partial charge in [0.15, 0.2) is 5.82 Å². The maximum absolute atomic E-state index is 5.15. The van der Waals surface area contributed by atoms with Crippen LogP contribution in [0.5, 0.6) is 0 Å². The Bertz CT molecular complexity index is 2570. The molecule has 0 unspecified atom stereocenters. The molecule has 0 aliphatic rings. The van der Waals surface area contributed by atoms with Gasteiger partial charge in [-0.2, -0.15) is 0 Å². The van der Waals surface area contributed by atoms with E-state index in [1.807, 2.05) is 30.3 Å². The fraction of sp³-hybridized carbons (Fsp3) is 0. The lowest BCUT2D eigenvalue weighted by Gasteiger charge is -2.16. The first kappa shape index (κ1) is 27.3. The molecule has 2 aromatic heterocycles. The van der Waals surface area contributed by atoms with Crippen LogP contribution in [0.3, 0.4) is 0 Å². The first-order chi connectivity index (χ1) is 23.3. The summed E-state index contributed by atoms with van der Waals surface area (Å²) >= 11 is 1.74. The molecule has 0 radical (unpaired) electrons. The van der Waals surface area contributed by atoms with E-state index in [2.05, 4.69) is 133 Å². The van der Waals surface area contributed by atoms with Gasteiger partial charge in [-0.15, -0.1) is 11.3 Å². The lowest BCUT2D eigenvalue weighted by atomic mass is 9.89. The van der Waals surface area contributed by atoms with E-state index in [0.29, 0.717) is 0 Å². The second-order valence-electron chi connectivity index (χ2n) is 11.6. The van der Waals surface area contributed by atoms with Crippen molar-refractivity contribution in [3.63, 3.8) is 0 Å². The molecule has 9 rings (SSSR count). The van der Waals surface area contributed by atoms with Crippen LogP contribution >= 0.6 is 11.3 Å². The zero-order chi connectivity index (χ0) is 31.2.